The Morgan fingerprint density at radius 2 is 2.00 bits per heavy atom. The normalized spacial score (nSPS) is 13.3. The molecule has 0 aliphatic carbocycles. The number of aryl methyl sites for hydroxylation is 1. The Bertz CT molecular complexity index is 593. The fourth-order valence-corrected chi connectivity index (χ4v) is 2.31. The zero-order chi connectivity index (χ0) is 16.7. The van der Waals surface area contributed by atoms with Gasteiger partial charge in [-0.3, -0.25) is 0 Å². The van der Waals surface area contributed by atoms with Crippen molar-refractivity contribution in [3.63, 3.8) is 0 Å². The van der Waals surface area contributed by atoms with Crippen molar-refractivity contribution in [1.82, 2.24) is 10.6 Å². The van der Waals surface area contributed by atoms with Gasteiger partial charge in [-0.15, -0.1) is 0 Å². The number of aliphatic hydroxyl groups is 1. The molecule has 1 heterocycles. The third-order valence-electron chi connectivity index (χ3n) is 3.76. The Morgan fingerprint density at radius 1 is 1.26 bits per heavy atom. The number of nitrogens with one attached hydrogen (secondary N) is 2. The lowest BCUT2D eigenvalue weighted by molar-refractivity contribution is 0.147. The molecule has 2 aromatic rings. The zero-order valence-corrected chi connectivity index (χ0v) is 13.6. The van der Waals surface area contributed by atoms with Crippen molar-refractivity contribution in [3.05, 3.63) is 59.5 Å². The number of carbonyl (C=O) groups excluding carboxylic acids is 1. The van der Waals surface area contributed by atoms with Crippen LogP contribution in [-0.4, -0.2) is 23.7 Å². The highest BCUT2D eigenvalue weighted by Crippen LogP contribution is 2.11. The van der Waals surface area contributed by atoms with Crippen molar-refractivity contribution in [2.24, 2.45) is 0 Å². The maximum Gasteiger partial charge on any atom is 0.315 e. The van der Waals surface area contributed by atoms with E-state index < -0.39 is 6.10 Å². The number of carbonyl (C=O) groups is 1. The number of aliphatic hydroxyl groups excluding tert-OH is 1. The molecule has 0 saturated carbocycles. The quantitative estimate of drug-likeness (QED) is 0.735. The molecule has 2 unspecified atom stereocenters. The van der Waals surface area contributed by atoms with Crippen LogP contribution in [0.5, 0.6) is 0 Å². The fraction of sp³-hybridized carbons (Fsp3) is 0.389. The second-order valence-electron chi connectivity index (χ2n) is 5.68. The molecule has 0 saturated heterocycles. The van der Waals surface area contributed by atoms with E-state index in [4.69, 9.17) is 4.42 Å². The second-order valence-corrected chi connectivity index (χ2v) is 5.68. The summed E-state index contributed by atoms with van der Waals surface area (Å²) in [6, 6.07) is 11.5. The number of furan rings is 1. The molecule has 2 atom stereocenters. The minimum atomic E-state index is -0.840. The molecule has 124 valence electrons. The minimum Gasteiger partial charge on any atom is -0.467 e. The predicted molar refractivity (Wildman–Crippen MR) is 89.2 cm³/mol. The van der Waals surface area contributed by atoms with Crippen LogP contribution in [-0.2, 0) is 6.42 Å². The monoisotopic (exact) mass is 316 g/mol. The first-order valence-electron chi connectivity index (χ1n) is 7.90. The highest BCUT2D eigenvalue weighted by atomic mass is 16.4. The van der Waals surface area contributed by atoms with E-state index in [2.05, 4.69) is 41.8 Å². The van der Waals surface area contributed by atoms with Crippen molar-refractivity contribution in [1.29, 1.82) is 0 Å². The lowest BCUT2D eigenvalue weighted by atomic mass is 10.0. The van der Waals surface area contributed by atoms with Crippen LogP contribution in [0.15, 0.2) is 47.1 Å². The fourth-order valence-electron chi connectivity index (χ4n) is 2.31. The van der Waals surface area contributed by atoms with Crippen LogP contribution in [0, 0.1) is 6.92 Å². The van der Waals surface area contributed by atoms with Crippen LogP contribution in [0.2, 0.25) is 0 Å². The Kier molecular flexibility index (Phi) is 6.23. The van der Waals surface area contributed by atoms with Gasteiger partial charge in [0.05, 0.1) is 12.8 Å². The summed E-state index contributed by atoms with van der Waals surface area (Å²) in [5.41, 5.74) is 2.41. The number of amides is 2. The summed E-state index contributed by atoms with van der Waals surface area (Å²) in [6.45, 7) is 4.20. The first-order valence-corrected chi connectivity index (χ1v) is 7.90. The Morgan fingerprint density at radius 3 is 2.61 bits per heavy atom. The second kappa shape index (κ2) is 8.39. The Balaban J connectivity index is 1.79. The molecule has 5 nitrogen and oxygen atoms in total. The SMILES string of the molecule is CCC(Cc1ccc(C)cc1)NC(=O)NCC(O)c1ccco1. The summed E-state index contributed by atoms with van der Waals surface area (Å²) in [7, 11) is 0. The molecule has 5 heteroatoms. The molecule has 0 radical (unpaired) electrons. The minimum absolute atomic E-state index is 0.0541. The van der Waals surface area contributed by atoms with Crippen molar-refractivity contribution in [2.75, 3.05) is 6.54 Å². The third-order valence-corrected chi connectivity index (χ3v) is 3.76. The lowest BCUT2D eigenvalue weighted by Crippen LogP contribution is -2.44. The van der Waals surface area contributed by atoms with Crippen molar-refractivity contribution in [3.8, 4) is 0 Å². The maximum absolute atomic E-state index is 12.0. The van der Waals surface area contributed by atoms with Crippen LogP contribution >= 0.6 is 0 Å². The van der Waals surface area contributed by atoms with Gasteiger partial charge in [0.15, 0.2) is 0 Å². The molecular formula is C18H24N2O3. The highest BCUT2D eigenvalue weighted by molar-refractivity contribution is 5.74. The van der Waals surface area contributed by atoms with E-state index in [0.717, 1.165) is 12.8 Å². The van der Waals surface area contributed by atoms with Gasteiger partial charge in [-0.25, -0.2) is 4.79 Å². The van der Waals surface area contributed by atoms with Gasteiger partial charge in [0.2, 0.25) is 0 Å². The van der Waals surface area contributed by atoms with Crippen LogP contribution in [0.3, 0.4) is 0 Å². The molecule has 1 aromatic carbocycles. The van der Waals surface area contributed by atoms with Crippen LogP contribution < -0.4 is 10.6 Å². The maximum atomic E-state index is 12.0. The van der Waals surface area contributed by atoms with Crippen molar-refractivity contribution < 1.29 is 14.3 Å². The van der Waals surface area contributed by atoms with Gasteiger partial charge in [-0.1, -0.05) is 36.8 Å². The topological polar surface area (TPSA) is 74.5 Å². The molecule has 2 rings (SSSR count). The molecule has 2 amide bonds. The number of benzene rings is 1. The average molecular weight is 316 g/mol. The number of hydrogen-bond acceptors (Lipinski definition) is 3. The highest BCUT2D eigenvalue weighted by Gasteiger charge is 2.14. The molecule has 0 aliphatic rings. The summed E-state index contributed by atoms with van der Waals surface area (Å²) in [4.78, 5) is 12.0. The largest absolute Gasteiger partial charge is 0.467 e. The number of urea groups is 1. The molecule has 23 heavy (non-hydrogen) atoms. The van der Waals surface area contributed by atoms with Crippen molar-refractivity contribution >= 4 is 6.03 Å². The van der Waals surface area contributed by atoms with Gasteiger partial charge in [0.1, 0.15) is 11.9 Å². The van der Waals surface area contributed by atoms with Gasteiger partial charge in [-0.2, -0.15) is 0 Å². The Labute approximate surface area is 136 Å². The van der Waals surface area contributed by atoms with Gasteiger partial charge >= 0.3 is 6.03 Å². The van der Waals surface area contributed by atoms with E-state index in [0.29, 0.717) is 5.76 Å². The molecule has 0 fully saturated rings. The smallest absolute Gasteiger partial charge is 0.315 e. The number of rotatable bonds is 7. The summed E-state index contributed by atoms with van der Waals surface area (Å²) < 4.78 is 5.10. The molecular weight excluding hydrogens is 292 g/mol. The van der Waals surface area contributed by atoms with E-state index >= 15 is 0 Å². The van der Waals surface area contributed by atoms with Crippen LogP contribution in [0.1, 0.15) is 36.3 Å². The van der Waals surface area contributed by atoms with E-state index in [9.17, 15) is 9.90 Å². The zero-order valence-electron chi connectivity index (χ0n) is 13.6. The van der Waals surface area contributed by atoms with E-state index in [1.807, 2.05) is 6.92 Å². The van der Waals surface area contributed by atoms with Crippen molar-refractivity contribution in [2.45, 2.75) is 38.8 Å². The van der Waals surface area contributed by atoms with E-state index in [1.54, 1.807) is 12.1 Å². The van der Waals surface area contributed by atoms with Gasteiger partial charge in [0, 0.05) is 6.04 Å². The van der Waals surface area contributed by atoms with Gasteiger partial charge < -0.3 is 20.2 Å². The predicted octanol–water partition coefficient (Wildman–Crippen LogP) is 2.94. The molecule has 0 spiro atoms. The summed E-state index contributed by atoms with van der Waals surface area (Å²) in [5.74, 6) is 0.442. The average Bonchev–Trinajstić information content (AvgIpc) is 3.08. The lowest BCUT2D eigenvalue weighted by Gasteiger charge is -2.18. The first-order chi connectivity index (χ1) is 11.1. The summed E-state index contributed by atoms with van der Waals surface area (Å²) >= 11 is 0. The standard InChI is InChI=1S/C18H24N2O3/c1-3-15(11-14-8-6-13(2)7-9-14)20-18(22)19-12-16(21)17-5-4-10-23-17/h4-10,15-16,21H,3,11-12H2,1-2H3,(H2,19,20,22). The van der Waals surface area contributed by atoms with E-state index in [1.165, 1.54) is 17.4 Å². The molecule has 0 bridgehead atoms. The van der Waals surface area contributed by atoms with E-state index in [-0.39, 0.29) is 18.6 Å². The first kappa shape index (κ1) is 17.1. The van der Waals surface area contributed by atoms with Crippen LogP contribution in [0.4, 0.5) is 4.79 Å². The van der Waals surface area contributed by atoms with Gasteiger partial charge in [0.25, 0.3) is 0 Å². The summed E-state index contributed by atoms with van der Waals surface area (Å²) in [6.07, 6.45) is 2.27. The Hall–Kier alpha value is -2.27. The number of hydrogen-bond donors (Lipinski definition) is 3. The summed E-state index contributed by atoms with van der Waals surface area (Å²) in [5, 5.41) is 15.5. The third kappa shape index (κ3) is 5.45. The molecule has 3 N–H and O–H groups in total. The molecule has 0 aliphatic heterocycles. The van der Waals surface area contributed by atoms with Gasteiger partial charge in [-0.05, 0) is 37.5 Å². The van der Waals surface area contributed by atoms with Crippen LogP contribution in [0.25, 0.3) is 0 Å². The molecule has 1 aromatic heterocycles.